The van der Waals surface area contributed by atoms with Crippen LogP contribution in [0.3, 0.4) is 0 Å². The third kappa shape index (κ3) is 2.81. The number of rotatable bonds is 2. The minimum atomic E-state index is -4.22. The van der Waals surface area contributed by atoms with Crippen LogP contribution in [0.25, 0.3) is 0 Å². The summed E-state index contributed by atoms with van der Waals surface area (Å²) < 4.78 is 36.0. The maximum absolute atomic E-state index is 12.0. The molecule has 0 fully saturated rings. The van der Waals surface area contributed by atoms with Crippen molar-refractivity contribution in [1.29, 1.82) is 0 Å². The van der Waals surface area contributed by atoms with E-state index < -0.39 is 6.18 Å². The van der Waals surface area contributed by atoms with E-state index in [0.717, 1.165) is 12.2 Å². The van der Waals surface area contributed by atoms with E-state index in [9.17, 15) is 13.2 Å². The number of halogens is 3. The molecule has 0 amide bonds. The molecule has 1 nitrogen and oxygen atoms in total. The molecule has 1 aliphatic rings. The van der Waals surface area contributed by atoms with E-state index >= 15 is 0 Å². The van der Waals surface area contributed by atoms with E-state index in [1.54, 1.807) is 0 Å². The van der Waals surface area contributed by atoms with Gasteiger partial charge in [0.25, 0.3) is 0 Å². The Kier molecular flexibility index (Phi) is 3.13. The number of anilines is 1. The van der Waals surface area contributed by atoms with Gasteiger partial charge in [0.1, 0.15) is 0 Å². The molecule has 0 N–H and O–H groups in total. The van der Waals surface area contributed by atoms with Gasteiger partial charge in [-0.05, 0) is 11.6 Å². The van der Waals surface area contributed by atoms with Crippen LogP contribution in [0, 0.1) is 0 Å². The molecule has 0 aromatic heterocycles. The second-order valence-corrected chi connectivity index (χ2v) is 4.31. The highest BCUT2D eigenvalue weighted by atomic mass is 19.4. The number of alkyl halides is 3. The van der Waals surface area contributed by atoms with Crippen LogP contribution in [0.1, 0.15) is 18.4 Å². The Morgan fingerprint density at radius 3 is 2.76 bits per heavy atom. The highest BCUT2D eigenvalue weighted by Gasteiger charge is 2.25. The van der Waals surface area contributed by atoms with E-state index in [1.165, 1.54) is 11.6 Å². The predicted octanol–water partition coefficient (Wildman–Crippen LogP) is 3.73. The molecule has 1 aromatic carbocycles. The van der Waals surface area contributed by atoms with E-state index in [4.69, 9.17) is 0 Å². The standard InChI is InChI=1S/C13H14F3N/c1-10-9-17(8-4-7-13(14,15)16)12-6-3-2-5-11(10)12/h2-7,10H,8-9H2,1H3/b7-4+. The molecule has 0 radical (unpaired) electrons. The molecule has 0 saturated heterocycles. The second kappa shape index (κ2) is 4.43. The quantitative estimate of drug-likeness (QED) is 0.713. The Bertz CT molecular complexity index is 423. The molecule has 1 unspecified atom stereocenters. The van der Waals surface area contributed by atoms with Crippen LogP contribution in [-0.4, -0.2) is 19.3 Å². The largest absolute Gasteiger partial charge is 0.409 e. The Balaban J connectivity index is 2.08. The van der Waals surface area contributed by atoms with Crippen molar-refractivity contribution in [3.8, 4) is 0 Å². The van der Waals surface area contributed by atoms with Gasteiger partial charge < -0.3 is 4.90 Å². The molecule has 2 rings (SSSR count). The summed E-state index contributed by atoms with van der Waals surface area (Å²) in [5, 5.41) is 0. The first-order valence-electron chi connectivity index (χ1n) is 5.55. The number of nitrogens with zero attached hydrogens (tertiary/aromatic N) is 1. The van der Waals surface area contributed by atoms with Gasteiger partial charge in [0, 0.05) is 30.8 Å². The molecule has 1 aliphatic heterocycles. The van der Waals surface area contributed by atoms with Crippen molar-refractivity contribution in [3.63, 3.8) is 0 Å². The summed E-state index contributed by atoms with van der Waals surface area (Å²) >= 11 is 0. The number of benzene rings is 1. The highest BCUT2D eigenvalue weighted by Crippen LogP contribution is 2.35. The van der Waals surface area contributed by atoms with Gasteiger partial charge in [-0.2, -0.15) is 13.2 Å². The maximum Gasteiger partial charge on any atom is 0.409 e. The van der Waals surface area contributed by atoms with Crippen molar-refractivity contribution in [2.45, 2.75) is 19.0 Å². The topological polar surface area (TPSA) is 3.24 Å². The summed E-state index contributed by atoms with van der Waals surface area (Å²) in [7, 11) is 0. The highest BCUT2D eigenvalue weighted by molar-refractivity contribution is 5.60. The van der Waals surface area contributed by atoms with Crippen molar-refractivity contribution in [1.82, 2.24) is 0 Å². The fourth-order valence-corrected chi connectivity index (χ4v) is 2.21. The van der Waals surface area contributed by atoms with Crippen LogP contribution in [0.15, 0.2) is 36.4 Å². The average molecular weight is 241 g/mol. The summed E-state index contributed by atoms with van der Waals surface area (Å²) in [6.07, 6.45) is -2.74. The summed E-state index contributed by atoms with van der Waals surface area (Å²) in [6, 6.07) is 7.87. The zero-order chi connectivity index (χ0) is 12.5. The maximum atomic E-state index is 12.0. The monoisotopic (exact) mass is 241 g/mol. The van der Waals surface area contributed by atoms with Crippen LogP contribution in [0.4, 0.5) is 18.9 Å². The van der Waals surface area contributed by atoms with E-state index in [0.29, 0.717) is 18.5 Å². The third-order valence-corrected chi connectivity index (χ3v) is 2.94. The van der Waals surface area contributed by atoms with Crippen LogP contribution in [-0.2, 0) is 0 Å². The molecule has 0 spiro atoms. The summed E-state index contributed by atoms with van der Waals surface area (Å²) in [5.41, 5.74) is 2.26. The minimum Gasteiger partial charge on any atom is -0.367 e. The molecule has 4 heteroatoms. The first-order chi connectivity index (χ1) is 7.97. The SMILES string of the molecule is CC1CN(C/C=C/C(F)(F)F)c2ccccc21. The summed E-state index contributed by atoms with van der Waals surface area (Å²) in [6.45, 7) is 3.18. The lowest BCUT2D eigenvalue weighted by Crippen LogP contribution is -2.21. The van der Waals surface area contributed by atoms with Crippen LogP contribution < -0.4 is 4.90 Å². The van der Waals surface area contributed by atoms with Crippen molar-refractivity contribution >= 4 is 5.69 Å². The van der Waals surface area contributed by atoms with E-state index in [1.807, 2.05) is 29.2 Å². The second-order valence-electron chi connectivity index (χ2n) is 4.31. The van der Waals surface area contributed by atoms with Gasteiger partial charge in [-0.3, -0.25) is 0 Å². The Morgan fingerprint density at radius 2 is 2.06 bits per heavy atom. The fourth-order valence-electron chi connectivity index (χ4n) is 2.21. The zero-order valence-electron chi connectivity index (χ0n) is 9.54. The molecule has 1 heterocycles. The lowest BCUT2D eigenvalue weighted by molar-refractivity contribution is -0.0799. The summed E-state index contributed by atoms with van der Waals surface area (Å²) in [5.74, 6) is 0.380. The number of hydrogen-bond acceptors (Lipinski definition) is 1. The van der Waals surface area contributed by atoms with Gasteiger partial charge in [0.15, 0.2) is 0 Å². The Labute approximate surface area is 98.5 Å². The van der Waals surface area contributed by atoms with E-state index in [-0.39, 0.29) is 0 Å². The number of fused-ring (bicyclic) bond motifs is 1. The molecule has 1 atom stereocenters. The van der Waals surface area contributed by atoms with Gasteiger partial charge in [-0.25, -0.2) is 0 Å². The van der Waals surface area contributed by atoms with E-state index in [2.05, 4.69) is 6.92 Å². The number of hydrogen-bond donors (Lipinski definition) is 0. The normalized spacial score (nSPS) is 20.0. The number of para-hydroxylation sites is 1. The molecule has 0 saturated carbocycles. The van der Waals surface area contributed by atoms with Gasteiger partial charge in [0.2, 0.25) is 0 Å². The zero-order valence-corrected chi connectivity index (χ0v) is 9.54. The first kappa shape index (κ1) is 12.0. The lowest BCUT2D eigenvalue weighted by Gasteiger charge is -2.17. The minimum absolute atomic E-state index is 0.304. The first-order valence-corrected chi connectivity index (χ1v) is 5.55. The smallest absolute Gasteiger partial charge is 0.367 e. The summed E-state index contributed by atoms with van der Waals surface area (Å²) in [4.78, 5) is 1.97. The Morgan fingerprint density at radius 1 is 1.35 bits per heavy atom. The van der Waals surface area contributed by atoms with Crippen molar-refractivity contribution in [3.05, 3.63) is 42.0 Å². The average Bonchev–Trinajstić information content (AvgIpc) is 2.55. The fraction of sp³-hybridized carbons (Fsp3) is 0.385. The van der Waals surface area contributed by atoms with Gasteiger partial charge in [0.05, 0.1) is 0 Å². The number of allylic oxidation sites excluding steroid dienone is 1. The molecule has 17 heavy (non-hydrogen) atoms. The van der Waals surface area contributed by atoms with Crippen LogP contribution in [0.2, 0.25) is 0 Å². The van der Waals surface area contributed by atoms with Crippen molar-refractivity contribution in [2.24, 2.45) is 0 Å². The third-order valence-electron chi connectivity index (χ3n) is 2.94. The van der Waals surface area contributed by atoms with Crippen LogP contribution >= 0.6 is 0 Å². The Hall–Kier alpha value is -1.45. The predicted molar refractivity (Wildman–Crippen MR) is 62.3 cm³/mol. The molecular formula is C13H14F3N. The van der Waals surface area contributed by atoms with Gasteiger partial charge in [-0.1, -0.05) is 31.2 Å². The van der Waals surface area contributed by atoms with Gasteiger partial charge in [-0.15, -0.1) is 0 Å². The molecular weight excluding hydrogens is 227 g/mol. The molecule has 0 aliphatic carbocycles. The van der Waals surface area contributed by atoms with Gasteiger partial charge >= 0.3 is 6.18 Å². The lowest BCUT2D eigenvalue weighted by atomic mass is 10.0. The molecule has 92 valence electrons. The molecule has 0 bridgehead atoms. The molecule has 1 aromatic rings. The van der Waals surface area contributed by atoms with Crippen LogP contribution in [0.5, 0.6) is 0 Å². The van der Waals surface area contributed by atoms with Crippen molar-refractivity contribution < 1.29 is 13.2 Å². The van der Waals surface area contributed by atoms with Crippen molar-refractivity contribution in [2.75, 3.05) is 18.0 Å².